The molecule has 0 aromatic rings. The van der Waals surface area contributed by atoms with Gasteiger partial charge in [0.1, 0.15) is 0 Å². The van der Waals surface area contributed by atoms with E-state index < -0.39 is 0 Å². The zero-order valence-corrected chi connectivity index (χ0v) is 4.02. The van der Waals surface area contributed by atoms with E-state index in [1.165, 1.54) is 0 Å². The molecule has 0 aromatic carbocycles. The molecule has 0 unspecified atom stereocenters. The quantitative estimate of drug-likeness (QED) is 0.297. The standard InChI is InChI=1S/C5H9N.Al.3H/c1-6-4-2-3-5-6;;;;/h2-3H,4-5H2,1H3;;;;. The summed E-state index contributed by atoms with van der Waals surface area (Å²) in [6.07, 6.45) is 4.36. The van der Waals surface area contributed by atoms with E-state index in [0.29, 0.717) is 0 Å². The fourth-order valence-electron chi connectivity index (χ4n) is 0.583. The van der Waals surface area contributed by atoms with Gasteiger partial charge in [-0.3, -0.25) is 4.90 Å². The van der Waals surface area contributed by atoms with Crippen molar-refractivity contribution in [1.29, 1.82) is 0 Å². The second-order valence-corrected chi connectivity index (χ2v) is 1.69. The van der Waals surface area contributed by atoms with Crippen molar-refractivity contribution in [3.8, 4) is 0 Å². The Hall–Kier alpha value is 0.232. The molecule has 0 fully saturated rings. The molecule has 0 radical (unpaired) electrons. The summed E-state index contributed by atoms with van der Waals surface area (Å²) in [4.78, 5) is 2.25. The first-order chi connectivity index (χ1) is 2.89. The highest BCUT2D eigenvalue weighted by molar-refractivity contribution is 5.75. The molecule has 0 N–H and O–H groups in total. The maximum absolute atomic E-state index is 2.25. The minimum Gasteiger partial charge on any atom is -0.299 e. The number of hydrogen-bond donors (Lipinski definition) is 0. The summed E-state index contributed by atoms with van der Waals surface area (Å²) >= 11 is 0. The molecule has 0 atom stereocenters. The van der Waals surface area contributed by atoms with E-state index in [0.717, 1.165) is 13.1 Å². The summed E-state index contributed by atoms with van der Waals surface area (Å²) in [6.45, 7) is 2.28. The molecular weight excluding hydrogens is 101 g/mol. The van der Waals surface area contributed by atoms with Crippen LogP contribution in [0.25, 0.3) is 0 Å². The minimum atomic E-state index is 0. The van der Waals surface area contributed by atoms with Crippen LogP contribution in [-0.4, -0.2) is 42.4 Å². The van der Waals surface area contributed by atoms with E-state index in [1.54, 1.807) is 0 Å². The first-order valence-corrected chi connectivity index (χ1v) is 2.23. The maximum atomic E-state index is 2.25. The molecule has 2 heteroatoms. The first-order valence-electron chi connectivity index (χ1n) is 2.23. The van der Waals surface area contributed by atoms with E-state index in [-0.39, 0.29) is 17.4 Å². The predicted octanol–water partition coefficient (Wildman–Crippen LogP) is -0.696. The van der Waals surface area contributed by atoms with Crippen molar-refractivity contribution in [2.45, 2.75) is 0 Å². The fraction of sp³-hybridized carbons (Fsp3) is 0.600. The summed E-state index contributed by atoms with van der Waals surface area (Å²) in [7, 11) is 2.11. The lowest BCUT2D eigenvalue weighted by atomic mass is 10.6. The molecule has 0 saturated carbocycles. The van der Waals surface area contributed by atoms with Crippen molar-refractivity contribution in [1.82, 2.24) is 4.90 Å². The van der Waals surface area contributed by atoms with Crippen molar-refractivity contribution in [2.75, 3.05) is 20.1 Å². The number of likely N-dealkylation sites (N-methyl/N-ethyl adjacent to an activating group) is 1. The van der Waals surface area contributed by atoms with E-state index in [2.05, 4.69) is 24.1 Å². The summed E-state index contributed by atoms with van der Waals surface area (Å²) in [5.41, 5.74) is 0. The molecule has 1 aliphatic rings. The maximum Gasteiger partial charge on any atom is 0.187 e. The Bertz CT molecular complexity index is 62.5. The van der Waals surface area contributed by atoms with Crippen LogP contribution in [0.15, 0.2) is 12.2 Å². The van der Waals surface area contributed by atoms with E-state index in [9.17, 15) is 0 Å². The van der Waals surface area contributed by atoms with Gasteiger partial charge >= 0.3 is 0 Å². The Kier molecular flexibility index (Phi) is 3.37. The van der Waals surface area contributed by atoms with E-state index in [4.69, 9.17) is 0 Å². The number of nitrogens with zero attached hydrogens (tertiary/aromatic N) is 1. The second kappa shape index (κ2) is 3.26. The lowest BCUT2D eigenvalue weighted by molar-refractivity contribution is 0.435. The Labute approximate surface area is 55.1 Å². The Morgan fingerprint density at radius 2 is 1.71 bits per heavy atom. The minimum absolute atomic E-state index is 0. The van der Waals surface area contributed by atoms with Gasteiger partial charge in [0.15, 0.2) is 17.4 Å². The van der Waals surface area contributed by atoms with Gasteiger partial charge in [0.2, 0.25) is 0 Å². The third-order valence-corrected chi connectivity index (χ3v) is 1.00. The fourth-order valence-corrected chi connectivity index (χ4v) is 0.583. The van der Waals surface area contributed by atoms with Crippen LogP contribution in [0.1, 0.15) is 0 Å². The van der Waals surface area contributed by atoms with E-state index >= 15 is 0 Å². The van der Waals surface area contributed by atoms with Crippen LogP contribution in [0.3, 0.4) is 0 Å². The van der Waals surface area contributed by atoms with Gasteiger partial charge < -0.3 is 0 Å². The van der Waals surface area contributed by atoms with Crippen molar-refractivity contribution in [3.63, 3.8) is 0 Å². The molecule has 0 aliphatic carbocycles. The van der Waals surface area contributed by atoms with Gasteiger partial charge in [-0.05, 0) is 7.05 Å². The molecule has 7 heavy (non-hydrogen) atoms. The Morgan fingerprint density at radius 3 is 1.86 bits per heavy atom. The van der Waals surface area contributed by atoms with Crippen LogP contribution in [-0.2, 0) is 0 Å². The van der Waals surface area contributed by atoms with Gasteiger partial charge in [0.25, 0.3) is 0 Å². The van der Waals surface area contributed by atoms with Crippen LogP contribution >= 0.6 is 0 Å². The molecular formula is C5H12AlN. The van der Waals surface area contributed by atoms with Crippen molar-refractivity contribution in [3.05, 3.63) is 12.2 Å². The average Bonchev–Trinajstić information content (AvgIpc) is 1.86. The summed E-state index contributed by atoms with van der Waals surface area (Å²) in [5.74, 6) is 0. The molecule has 1 aliphatic heterocycles. The third kappa shape index (κ3) is 2.13. The van der Waals surface area contributed by atoms with Crippen molar-refractivity contribution >= 4 is 17.4 Å². The highest BCUT2D eigenvalue weighted by atomic mass is 27.0. The molecule has 40 valence electrons. The number of rotatable bonds is 0. The molecule has 0 saturated heterocycles. The predicted molar refractivity (Wildman–Crippen MR) is 36.6 cm³/mol. The highest BCUT2D eigenvalue weighted by Crippen LogP contribution is 1.91. The molecule has 0 amide bonds. The van der Waals surface area contributed by atoms with Crippen LogP contribution in [0.4, 0.5) is 0 Å². The highest BCUT2D eigenvalue weighted by Gasteiger charge is 1.94. The SMILES string of the molecule is CN1CC=CC1.[AlH3]. The van der Waals surface area contributed by atoms with Gasteiger partial charge in [-0.1, -0.05) is 12.2 Å². The molecule has 1 nitrogen and oxygen atoms in total. The molecule has 1 heterocycles. The van der Waals surface area contributed by atoms with Gasteiger partial charge in [0.05, 0.1) is 0 Å². The molecule has 0 aromatic heterocycles. The molecule has 0 spiro atoms. The largest absolute Gasteiger partial charge is 0.299 e. The lowest BCUT2D eigenvalue weighted by Crippen LogP contribution is -2.11. The number of hydrogen-bond acceptors (Lipinski definition) is 1. The van der Waals surface area contributed by atoms with Crippen LogP contribution in [0.5, 0.6) is 0 Å². The zero-order chi connectivity index (χ0) is 4.41. The smallest absolute Gasteiger partial charge is 0.187 e. The zero-order valence-electron chi connectivity index (χ0n) is 4.02. The van der Waals surface area contributed by atoms with Crippen molar-refractivity contribution < 1.29 is 0 Å². The molecule has 1 rings (SSSR count). The van der Waals surface area contributed by atoms with Gasteiger partial charge in [-0.2, -0.15) is 0 Å². The normalized spacial score (nSPS) is 19.6. The monoisotopic (exact) mass is 113 g/mol. The van der Waals surface area contributed by atoms with Gasteiger partial charge in [0, 0.05) is 13.1 Å². The van der Waals surface area contributed by atoms with Crippen molar-refractivity contribution in [2.24, 2.45) is 0 Å². The van der Waals surface area contributed by atoms with Gasteiger partial charge in [-0.25, -0.2) is 0 Å². The lowest BCUT2D eigenvalue weighted by Gasteiger charge is -2.01. The average molecular weight is 113 g/mol. The summed E-state index contributed by atoms with van der Waals surface area (Å²) in [6, 6.07) is 0. The topological polar surface area (TPSA) is 3.24 Å². The second-order valence-electron chi connectivity index (χ2n) is 1.69. The van der Waals surface area contributed by atoms with E-state index in [1.807, 2.05) is 0 Å². The van der Waals surface area contributed by atoms with Crippen LogP contribution in [0.2, 0.25) is 0 Å². The summed E-state index contributed by atoms with van der Waals surface area (Å²) < 4.78 is 0. The Balaban J connectivity index is 0.000000360. The molecule has 0 bridgehead atoms. The first kappa shape index (κ1) is 7.23. The Morgan fingerprint density at radius 1 is 1.29 bits per heavy atom. The van der Waals surface area contributed by atoms with Gasteiger partial charge in [-0.15, -0.1) is 0 Å². The van der Waals surface area contributed by atoms with Crippen LogP contribution in [0, 0.1) is 0 Å². The third-order valence-electron chi connectivity index (χ3n) is 1.00. The van der Waals surface area contributed by atoms with Crippen LogP contribution < -0.4 is 0 Å². The summed E-state index contributed by atoms with van der Waals surface area (Å²) in [5, 5.41) is 0.